The molecule has 0 radical (unpaired) electrons. The number of anilines is 1. The molecule has 27 heavy (non-hydrogen) atoms. The minimum absolute atomic E-state index is 0.360. The van der Waals surface area contributed by atoms with E-state index < -0.39 is 11.5 Å². The largest absolute Gasteiger partial charge is 0.493 e. The molecule has 1 heterocycles. The van der Waals surface area contributed by atoms with Crippen LogP contribution in [0.5, 0.6) is 11.5 Å². The highest BCUT2D eigenvalue weighted by Crippen LogP contribution is 2.28. The third-order valence-corrected chi connectivity index (χ3v) is 4.12. The molecular weight excluding hydrogens is 350 g/mol. The number of hydrogen-bond acceptors (Lipinski definition) is 5. The molecule has 0 aliphatic heterocycles. The van der Waals surface area contributed by atoms with Crippen molar-refractivity contribution in [2.75, 3.05) is 19.0 Å². The third-order valence-electron chi connectivity index (χ3n) is 4.12. The lowest BCUT2D eigenvalue weighted by atomic mass is 10.1. The number of carboxylic acids is 1. The summed E-state index contributed by atoms with van der Waals surface area (Å²) in [6, 6.07) is 4.94. The highest BCUT2D eigenvalue weighted by atomic mass is 16.5. The van der Waals surface area contributed by atoms with E-state index >= 15 is 0 Å². The molecule has 0 spiro atoms. The number of amides is 1. The van der Waals surface area contributed by atoms with Gasteiger partial charge in [-0.2, -0.15) is 5.10 Å². The normalized spacial score (nSPS) is 11.1. The Morgan fingerprint density at radius 2 is 2.04 bits per heavy atom. The van der Waals surface area contributed by atoms with Gasteiger partial charge in [0.1, 0.15) is 0 Å². The lowest BCUT2D eigenvalue weighted by Crippen LogP contribution is -2.35. The summed E-state index contributed by atoms with van der Waals surface area (Å²) in [7, 11) is 1.52. The van der Waals surface area contributed by atoms with Crippen molar-refractivity contribution in [3.8, 4) is 11.5 Å². The molecule has 1 aromatic carbocycles. The van der Waals surface area contributed by atoms with Crippen LogP contribution in [0.3, 0.4) is 0 Å². The van der Waals surface area contributed by atoms with Gasteiger partial charge in [0.05, 0.1) is 25.6 Å². The van der Waals surface area contributed by atoms with E-state index in [0.29, 0.717) is 29.4 Å². The van der Waals surface area contributed by atoms with E-state index in [-0.39, 0.29) is 5.91 Å². The molecule has 8 nitrogen and oxygen atoms in total. The molecule has 0 bridgehead atoms. The quantitative estimate of drug-likeness (QED) is 0.653. The summed E-state index contributed by atoms with van der Waals surface area (Å²) in [4.78, 5) is 23.8. The van der Waals surface area contributed by atoms with Gasteiger partial charge >= 0.3 is 5.97 Å². The van der Waals surface area contributed by atoms with Crippen LogP contribution < -0.4 is 14.8 Å². The van der Waals surface area contributed by atoms with Crippen molar-refractivity contribution in [1.29, 1.82) is 0 Å². The molecule has 0 saturated carbocycles. The molecule has 8 heteroatoms. The lowest BCUT2D eigenvalue weighted by Gasteiger charge is -2.19. The van der Waals surface area contributed by atoms with E-state index in [2.05, 4.69) is 17.3 Å². The van der Waals surface area contributed by atoms with Gasteiger partial charge in [0, 0.05) is 11.8 Å². The fourth-order valence-electron chi connectivity index (χ4n) is 2.25. The summed E-state index contributed by atoms with van der Waals surface area (Å²) in [6.07, 6.45) is 4.84. The molecule has 146 valence electrons. The van der Waals surface area contributed by atoms with Gasteiger partial charge in [-0.05, 0) is 38.5 Å². The van der Waals surface area contributed by atoms with Crippen LogP contribution in [-0.2, 0) is 10.3 Å². The van der Waals surface area contributed by atoms with E-state index in [1.807, 2.05) is 0 Å². The Kier molecular flexibility index (Phi) is 6.44. The van der Waals surface area contributed by atoms with Crippen LogP contribution in [0.2, 0.25) is 0 Å². The number of nitrogens with one attached hydrogen (secondary N) is 1. The fourth-order valence-corrected chi connectivity index (χ4v) is 2.25. The van der Waals surface area contributed by atoms with Gasteiger partial charge in [0.2, 0.25) is 0 Å². The van der Waals surface area contributed by atoms with E-state index in [9.17, 15) is 14.7 Å². The predicted molar refractivity (Wildman–Crippen MR) is 101 cm³/mol. The van der Waals surface area contributed by atoms with E-state index in [0.717, 1.165) is 12.8 Å². The van der Waals surface area contributed by atoms with Crippen molar-refractivity contribution >= 4 is 17.6 Å². The number of benzene rings is 1. The zero-order valence-corrected chi connectivity index (χ0v) is 16.0. The number of hydrogen-bond donors (Lipinski definition) is 2. The van der Waals surface area contributed by atoms with Crippen molar-refractivity contribution in [2.45, 2.75) is 39.2 Å². The first-order valence-corrected chi connectivity index (χ1v) is 8.70. The number of carbonyl (C=O) groups is 2. The zero-order chi connectivity index (χ0) is 20.0. The lowest BCUT2D eigenvalue weighted by molar-refractivity contribution is -0.146. The summed E-state index contributed by atoms with van der Waals surface area (Å²) >= 11 is 0. The maximum atomic E-state index is 12.5. The van der Waals surface area contributed by atoms with Gasteiger partial charge in [-0.1, -0.05) is 13.3 Å². The average Bonchev–Trinajstić information content (AvgIpc) is 3.11. The first-order valence-electron chi connectivity index (χ1n) is 8.70. The average molecular weight is 375 g/mol. The second-order valence-corrected chi connectivity index (χ2v) is 6.56. The second kappa shape index (κ2) is 8.57. The molecule has 0 atom stereocenters. The molecule has 1 amide bonds. The monoisotopic (exact) mass is 375 g/mol. The number of nitrogens with zero attached hydrogens (tertiary/aromatic N) is 2. The first-order chi connectivity index (χ1) is 12.8. The van der Waals surface area contributed by atoms with E-state index in [4.69, 9.17) is 9.47 Å². The van der Waals surface area contributed by atoms with Crippen LogP contribution in [0, 0.1) is 0 Å². The van der Waals surface area contributed by atoms with Gasteiger partial charge < -0.3 is 19.9 Å². The third kappa shape index (κ3) is 4.78. The standard InChI is InChI=1S/C19H25N3O5/c1-5-6-9-27-15-8-7-13(10-16(15)26-4)17(23)21-14-11-20-22(12-14)19(2,3)18(24)25/h7-8,10-12H,5-6,9H2,1-4H3,(H,21,23)(H,24,25). The Labute approximate surface area is 158 Å². The fraction of sp³-hybridized carbons (Fsp3) is 0.421. The molecule has 2 aromatic rings. The van der Waals surface area contributed by atoms with Crippen LogP contribution in [-0.4, -0.2) is 40.5 Å². The van der Waals surface area contributed by atoms with E-state index in [1.165, 1.54) is 38.0 Å². The summed E-state index contributed by atoms with van der Waals surface area (Å²) in [5.41, 5.74) is -0.430. The van der Waals surface area contributed by atoms with Crippen molar-refractivity contribution < 1.29 is 24.2 Å². The smallest absolute Gasteiger partial charge is 0.331 e. The number of ether oxygens (including phenoxy) is 2. The van der Waals surface area contributed by atoms with Gasteiger partial charge in [0.15, 0.2) is 17.0 Å². The first kappa shape index (κ1) is 20.3. The Morgan fingerprint density at radius 3 is 2.67 bits per heavy atom. The number of aromatic nitrogens is 2. The number of unbranched alkanes of at least 4 members (excludes halogenated alkanes) is 1. The minimum atomic E-state index is -1.22. The number of methoxy groups -OCH3 is 1. The Balaban J connectivity index is 2.12. The Bertz CT molecular complexity index is 813. The SMILES string of the molecule is CCCCOc1ccc(C(=O)Nc2cnn(C(C)(C)C(=O)O)c2)cc1OC. The van der Waals surface area contributed by atoms with Gasteiger partial charge in [-0.25, -0.2) is 4.79 Å². The molecule has 0 fully saturated rings. The van der Waals surface area contributed by atoms with Gasteiger partial charge in [0.25, 0.3) is 5.91 Å². The number of carboxylic acid groups (broad SMARTS) is 1. The number of rotatable bonds is 9. The Hall–Kier alpha value is -3.03. The summed E-state index contributed by atoms with van der Waals surface area (Å²) in [5.74, 6) is -0.326. The maximum Gasteiger partial charge on any atom is 0.331 e. The molecule has 0 aliphatic carbocycles. The van der Waals surface area contributed by atoms with Crippen LogP contribution in [0.1, 0.15) is 44.0 Å². The molecule has 2 N–H and O–H groups in total. The zero-order valence-electron chi connectivity index (χ0n) is 16.0. The number of aliphatic carboxylic acids is 1. The van der Waals surface area contributed by atoms with Crippen LogP contribution in [0.15, 0.2) is 30.6 Å². The second-order valence-electron chi connectivity index (χ2n) is 6.56. The molecule has 0 aliphatic rings. The molecule has 1 aromatic heterocycles. The van der Waals surface area contributed by atoms with Crippen molar-refractivity contribution in [3.05, 3.63) is 36.2 Å². The highest BCUT2D eigenvalue weighted by Gasteiger charge is 2.30. The topological polar surface area (TPSA) is 103 Å². The predicted octanol–water partition coefficient (Wildman–Crippen LogP) is 3.14. The van der Waals surface area contributed by atoms with Gasteiger partial charge in [-0.3, -0.25) is 9.48 Å². The Morgan fingerprint density at radius 1 is 1.30 bits per heavy atom. The summed E-state index contributed by atoms with van der Waals surface area (Å²) in [5, 5.41) is 16.0. The highest BCUT2D eigenvalue weighted by molar-refractivity contribution is 6.04. The summed E-state index contributed by atoms with van der Waals surface area (Å²) < 4.78 is 12.3. The molecule has 0 unspecified atom stereocenters. The summed E-state index contributed by atoms with van der Waals surface area (Å²) in [6.45, 7) is 5.71. The van der Waals surface area contributed by atoms with Crippen molar-refractivity contribution in [2.24, 2.45) is 0 Å². The van der Waals surface area contributed by atoms with Crippen LogP contribution in [0.25, 0.3) is 0 Å². The van der Waals surface area contributed by atoms with Crippen molar-refractivity contribution in [3.63, 3.8) is 0 Å². The van der Waals surface area contributed by atoms with Gasteiger partial charge in [-0.15, -0.1) is 0 Å². The maximum absolute atomic E-state index is 12.5. The molecule has 2 rings (SSSR count). The van der Waals surface area contributed by atoms with E-state index in [1.54, 1.807) is 18.2 Å². The molecular formula is C19H25N3O5. The van der Waals surface area contributed by atoms with Crippen LogP contribution in [0.4, 0.5) is 5.69 Å². The van der Waals surface area contributed by atoms with Crippen LogP contribution >= 0.6 is 0 Å². The van der Waals surface area contributed by atoms with Crippen molar-refractivity contribution in [1.82, 2.24) is 9.78 Å². The molecule has 0 saturated heterocycles. The minimum Gasteiger partial charge on any atom is -0.493 e. The number of carbonyl (C=O) groups excluding carboxylic acids is 1.